The summed E-state index contributed by atoms with van der Waals surface area (Å²) in [5, 5.41) is 12.5. The second-order valence-electron chi connectivity index (χ2n) is 4.02. The third kappa shape index (κ3) is 2.40. The predicted molar refractivity (Wildman–Crippen MR) is 58.2 cm³/mol. The maximum atomic E-state index is 13.1. The van der Waals surface area contributed by atoms with Gasteiger partial charge < -0.3 is 9.63 Å². The quantitative estimate of drug-likeness (QED) is 0.868. The van der Waals surface area contributed by atoms with Gasteiger partial charge in [0.05, 0.1) is 5.56 Å². The summed E-state index contributed by atoms with van der Waals surface area (Å²) >= 11 is 0. The number of aryl methyl sites for hydroxylation is 1. The number of hydrogen-bond donors (Lipinski definition) is 1. The lowest BCUT2D eigenvalue weighted by atomic mass is 10.1. The van der Waals surface area contributed by atoms with E-state index in [4.69, 9.17) is 0 Å². The highest BCUT2D eigenvalue weighted by molar-refractivity contribution is 5.66. The number of phenols is 1. The first-order valence-corrected chi connectivity index (χ1v) is 5.25. The van der Waals surface area contributed by atoms with Crippen molar-refractivity contribution in [3.8, 4) is 17.1 Å². The van der Waals surface area contributed by atoms with E-state index in [9.17, 15) is 22.7 Å². The smallest absolute Gasteiger partial charge is 0.352 e. The number of nitrogens with zero attached hydrogens (tertiary/aromatic N) is 1. The molecular formula is C12H9F4NO2. The Morgan fingerprint density at radius 1 is 1.26 bits per heavy atom. The van der Waals surface area contributed by atoms with Crippen LogP contribution in [0.1, 0.15) is 11.3 Å². The number of alkyl halides is 4. The van der Waals surface area contributed by atoms with E-state index in [1.165, 1.54) is 12.1 Å². The zero-order chi connectivity index (χ0) is 14.2. The van der Waals surface area contributed by atoms with Gasteiger partial charge in [0, 0.05) is 6.07 Å². The maximum absolute atomic E-state index is 13.1. The van der Waals surface area contributed by atoms with Crippen molar-refractivity contribution in [1.82, 2.24) is 5.16 Å². The highest BCUT2D eigenvalue weighted by atomic mass is 19.3. The second-order valence-corrected chi connectivity index (χ2v) is 4.02. The van der Waals surface area contributed by atoms with Crippen molar-refractivity contribution < 1.29 is 27.2 Å². The van der Waals surface area contributed by atoms with E-state index in [0.29, 0.717) is 6.07 Å². The van der Waals surface area contributed by atoms with Crippen molar-refractivity contribution in [3.63, 3.8) is 0 Å². The molecule has 1 aromatic heterocycles. The van der Waals surface area contributed by atoms with Gasteiger partial charge >= 0.3 is 12.3 Å². The summed E-state index contributed by atoms with van der Waals surface area (Å²) < 4.78 is 55.0. The van der Waals surface area contributed by atoms with Crippen LogP contribution >= 0.6 is 0 Å². The standard InChI is InChI=1S/C12H9F4NO2/c1-6-2-3-8(18)7(4-6)9-5-10(17-19-9)12(15,16)11(13)14/h2-5,11,18H,1H3. The molecule has 2 rings (SSSR count). The number of halogens is 4. The summed E-state index contributed by atoms with van der Waals surface area (Å²) in [7, 11) is 0. The van der Waals surface area contributed by atoms with Crippen molar-refractivity contribution in [2.24, 2.45) is 0 Å². The summed E-state index contributed by atoms with van der Waals surface area (Å²) in [6, 6.07) is 5.11. The molecule has 7 heteroatoms. The van der Waals surface area contributed by atoms with E-state index in [-0.39, 0.29) is 17.1 Å². The Morgan fingerprint density at radius 2 is 1.95 bits per heavy atom. The highest BCUT2D eigenvalue weighted by Crippen LogP contribution is 2.37. The fraction of sp³-hybridized carbons (Fsp3) is 0.250. The van der Waals surface area contributed by atoms with Crippen LogP contribution < -0.4 is 0 Å². The zero-order valence-corrected chi connectivity index (χ0v) is 9.70. The summed E-state index contributed by atoms with van der Waals surface area (Å²) in [5.41, 5.74) is -0.311. The third-order valence-electron chi connectivity index (χ3n) is 2.54. The fourth-order valence-corrected chi connectivity index (χ4v) is 1.52. The van der Waals surface area contributed by atoms with Crippen LogP contribution in [0.5, 0.6) is 5.75 Å². The Bertz CT molecular complexity index is 595. The van der Waals surface area contributed by atoms with Crippen molar-refractivity contribution in [3.05, 3.63) is 35.5 Å². The molecule has 3 nitrogen and oxygen atoms in total. The predicted octanol–water partition coefficient (Wildman–Crippen LogP) is 3.71. The molecule has 0 aliphatic rings. The molecule has 19 heavy (non-hydrogen) atoms. The van der Waals surface area contributed by atoms with Gasteiger partial charge in [-0.25, -0.2) is 8.78 Å². The average Bonchev–Trinajstić information content (AvgIpc) is 2.82. The van der Waals surface area contributed by atoms with Crippen LogP contribution in [0.2, 0.25) is 0 Å². The molecule has 0 bridgehead atoms. The summed E-state index contributed by atoms with van der Waals surface area (Å²) in [5.74, 6) is -4.80. The molecule has 102 valence electrons. The summed E-state index contributed by atoms with van der Waals surface area (Å²) in [6.07, 6.45) is -3.88. The molecule has 0 saturated heterocycles. The van der Waals surface area contributed by atoms with Crippen molar-refractivity contribution in [1.29, 1.82) is 0 Å². The molecule has 0 amide bonds. The van der Waals surface area contributed by atoms with Crippen LogP contribution in [0.4, 0.5) is 17.6 Å². The second kappa shape index (κ2) is 4.56. The topological polar surface area (TPSA) is 46.3 Å². The van der Waals surface area contributed by atoms with E-state index < -0.39 is 18.0 Å². The highest BCUT2D eigenvalue weighted by Gasteiger charge is 2.46. The molecule has 0 radical (unpaired) electrons. The number of hydrogen-bond acceptors (Lipinski definition) is 3. The van der Waals surface area contributed by atoms with Crippen LogP contribution in [-0.4, -0.2) is 16.7 Å². The van der Waals surface area contributed by atoms with Crippen molar-refractivity contribution in [2.75, 3.05) is 0 Å². The van der Waals surface area contributed by atoms with Gasteiger partial charge in [-0.05, 0) is 19.1 Å². The Morgan fingerprint density at radius 3 is 2.58 bits per heavy atom. The largest absolute Gasteiger partial charge is 0.507 e. The number of aromatic nitrogens is 1. The van der Waals surface area contributed by atoms with Crippen molar-refractivity contribution in [2.45, 2.75) is 19.3 Å². The number of phenolic OH excluding ortho intramolecular Hbond substituents is 1. The number of aromatic hydroxyl groups is 1. The Kier molecular flexibility index (Phi) is 3.21. The molecule has 0 aliphatic carbocycles. The Labute approximate surface area is 105 Å². The average molecular weight is 275 g/mol. The van der Waals surface area contributed by atoms with Gasteiger partial charge in [-0.2, -0.15) is 8.78 Å². The van der Waals surface area contributed by atoms with E-state index >= 15 is 0 Å². The van der Waals surface area contributed by atoms with Crippen LogP contribution in [0.3, 0.4) is 0 Å². The molecule has 0 spiro atoms. The molecule has 0 unspecified atom stereocenters. The van der Waals surface area contributed by atoms with Crippen LogP contribution in [0, 0.1) is 6.92 Å². The van der Waals surface area contributed by atoms with E-state index in [0.717, 1.165) is 5.56 Å². The van der Waals surface area contributed by atoms with Gasteiger partial charge in [-0.3, -0.25) is 0 Å². The van der Waals surface area contributed by atoms with Crippen LogP contribution in [0.25, 0.3) is 11.3 Å². The third-order valence-corrected chi connectivity index (χ3v) is 2.54. The Balaban J connectivity index is 2.44. The molecule has 2 aromatic rings. The minimum atomic E-state index is -4.39. The van der Waals surface area contributed by atoms with E-state index in [1.807, 2.05) is 0 Å². The van der Waals surface area contributed by atoms with Gasteiger partial charge in [0.1, 0.15) is 5.75 Å². The summed E-state index contributed by atoms with van der Waals surface area (Å²) in [4.78, 5) is 0. The lowest BCUT2D eigenvalue weighted by Crippen LogP contribution is -2.23. The monoisotopic (exact) mass is 275 g/mol. The van der Waals surface area contributed by atoms with E-state index in [1.54, 1.807) is 13.0 Å². The van der Waals surface area contributed by atoms with Gasteiger partial charge in [0.25, 0.3) is 0 Å². The van der Waals surface area contributed by atoms with E-state index in [2.05, 4.69) is 9.68 Å². The SMILES string of the molecule is Cc1ccc(O)c(-c2cc(C(F)(F)C(F)F)no2)c1. The first-order chi connectivity index (χ1) is 8.82. The molecule has 1 N–H and O–H groups in total. The van der Waals surface area contributed by atoms with Gasteiger partial charge in [-0.1, -0.05) is 16.8 Å². The molecule has 0 saturated carbocycles. The zero-order valence-electron chi connectivity index (χ0n) is 9.70. The molecule has 1 heterocycles. The lowest BCUT2D eigenvalue weighted by molar-refractivity contribution is -0.139. The van der Waals surface area contributed by atoms with Gasteiger partial charge in [-0.15, -0.1) is 0 Å². The number of rotatable bonds is 3. The first kappa shape index (κ1) is 13.4. The molecule has 0 fully saturated rings. The van der Waals surface area contributed by atoms with Gasteiger partial charge in [0.15, 0.2) is 11.5 Å². The molecular weight excluding hydrogens is 266 g/mol. The minimum Gasteiger partial charge on any atom is -0.507 e. The molecule has 0 atom stereocenters. The lowest BCUT2D eigenvalue weighted by Gasteiger charge is -2.10. The van der Waals surface area contributed by atoms with Gasteiger partial charge in [0.2, 0.25) is 0 Å². The Hall–Kier alpha value is -2.05. The van der Waals surface area contributed by atoms with Crippen LogP contribution in [0.15, 0.2) is 28.8 Å². The summed E-state index contributed by atoms with van der Waals surface area (Å²) in [6.45, 7) is 1.72. The number of benzene rings is 1. The molecule has 1 aromatic carbocycles. The van der Waals surface area contributed by atoms with Crippen molar-refractivity contribution >= 4 is 0 Å². The minimum absolute atomic E-state index is 0.115. The fourth-order valence-electron chi connectivity index (χ4n) is 1.52. The maximum Gasteiger partial charge on any atom is 0.352 e. The normalized spacial score (nSPS) is 12.1. The van der Waals surface area contributed by atoms with Crippen LogP contribution in [-0.2, 0) is 5.92 Å². The molecule has 0 aliphatic heterocycles. The first-order valence-electron chi connectivity index (χ1n) is 5.25.